The number of nitrogens with two attached hydrogens (primary N) is 1. The second kappa shape index (κ2) is 3.62. The van der Waals surface area contributed by atoms with Crippen molar-refractivity contribution in [3.63, 3.8) is 0 Å². The first-order chi connectivity index (χ1) is 8.16. The van der Waals surface area contributed by atoms with E-state index in [1.807, 2.05) is 36.0 Å². The number of benzene rings is 1. The predicted molar refractivity (Wildman–Crippen MR) is 69.8 cm³/mol. The van der Waals surface area contributed by atoms with Crippen LogP contribution in [0.15, 0.2) is 24.3 Å². The smallest absolute Gasteiger partial charge is 0.0955 e. The van der Waals surface area contributed by atoms with Crippen LogP contribution in [0.4, 0.5) is 5.69 Å². The lowest BCUT2D eigenvalue weighted by Gasteiger charge is -2.00. The Morgan fingerprint density at radius 2 is 1.88 bits per heavy atom. The Morgan fingerprint density at radius 3 is 2.47 bits per heavy atom. The van der Waals surface area contributed by atoms with Crippen LogP contribution in [0.5, 0.6) is 0 Å². The summed E-state index contributed by atoms with van der Waals surface area (Å²) in [6.45, 7) is 2.17. The van der Waals surface area contributed by atoms with E-state index < -0.39 is 0 Å². The monoisotopic (exact) mass is 227 g/mol. The summed E-state index contributed by atoms with van der Waals surface area (Å²) in [4.78, 5) is 0. The number of rotatable bonds is 2. The van der Waals surface area contributed by atoms with E-state index in [1.54, 1.807) is 0 Å². The summed E-state index contributed by atoms with van der Waals surface area (Å²) in [5, 5.41) is 4.65. The van der Waals surface area contributed by atoms with Gasteiger partial charge in [0.1, 0.15) is 0 Å². The molecule has 3 rings (SSSR count). The Kier molecular flexibility index (Phi) is 2.21. The molecule has 0 saturated heterocycles. The van der Waals surface area contributed by atoms with E-state index in [0.29, 0.717) is 0 Å². The van der Waals surface area contributed by atoms with Crippen LogP contribution < -0.4 is 5.73 Å². The highest BCUT2D eigenvalue weighted by Crippen LogP contribution is 2.43. The third-order valence-corrected chi connectivity index (χ3v) is 3.49. The Hall–Kier alpha value is -1.77. The van der Waals surface area contributed by atoms with Gasteiger partial charge in [-0.15, -0.1) is 0 Å². The van der Waals surface area contributed by atoms with Crippen LogP contribution >= 0.6 is 0 Å². The lowest BCUT2D eigenvalue weighted by atomic mass is 10.1. The van der Waals surface area contributed by atoms with Gasteiger partial charge < -0.3 is 5.73 Å². The molecule has 1 aliphatic rings. The Morgan fingerprint density at radius 1 is 1.24 bits per heavy atom. The minimum Gasteiger partial charge on any atom is -0.399 e. The zero-order valence-electron chi connectivity index (χ0n) is 10.3. The van der Waals surface area contributed by atoms with Gasteiger partial charge in [-0.25, -0.2) is 0 Å². The van der Waals surface area contributed by atoms with Crippen molar-refractivity contribution in [1.82, 2.24) is 9.78 Å². The van der Waals surface area contributed by atoms with Crippen LogP contribution in [0.2, 0.25) is 0 Å². The summed E-state index contributed by atoms with van der Waals surface area (Å²) in [5.74, 6) is 0.732. The summed E-state index contributed by atoms with van der Waals surface area (Å²) in [6.07, 6.45) is 2.61. The molecule has 1 heterocycles. The molecule has 3 heteroatoms. The average molecular weight is 227 g/mol. The lowest BCUT2D eigenvalue weighted by molar-refractivity contribution is 0.714. The molecule has 0 bridgehead atoms. The fourth-order valence-electron chi connectivity index (χ4n) is 2.49. The predicted octanol–water partition coefficient (Wildman–Crippen LogP) is 2.86. The van der Waals surface area contributed by atoms with E-state index >= 15 is 0 Å². The Labute approximate surface area is 101 Å². The van der Waals surface area contributed by atoms with Crippen LogP contribution in [0.25, 0.3) is 11.3 Å². The number of aryl methyl sites for hydroxylation is 1. The zero-order valence-corrected chi connectivity index (χ0v) is 10.3. The molecular formula is C14H17N3. The van der Waals surface area contributed by atoms with Crippen LogP contribution in [-0.2, 0) is 7.05 Å². The topological polar surface area (TPSA) is 43.8 Å². The van der Waals surface area contributed by atoms with Crippen molar-refractivity contribution >= 4 is 5.69 Å². The van der Waals surface area contributed by atoms with Gasteiger partial charge in [-0.1, -0.05) is 12.1 Å². The maximum absolute atomic E-state index is 5.71. The third-order valence-electron chi connectivity index (χ3n) is 3.49. The van der Waals surface area contributed by atoms with Gasteiger partial charge in [0.05, 0.1) is 5.69 Å². The van der Waals surface area contributed by atoms with Gasteiger partial charge in [0.25, 0.3) is 0 Å². The van der Waals surface area contributed by atoms with Crippen LogP contribution in [-0.4, -0.2) is 9.78 Å². The first-order valence-electron chi connectivity index (χ1n) is 6.06. The van der Waals surface area contributed by atoms with E-state index in [1.165, 1.54) is 24.1 Å². The first-order valence-corrected chi connectivity index (χ1v) is 6.06. The van der Waals surface area contributed by atoms with Crippen molar-refractivity contribution in [1.29, 1.82) is 0 Å². The van der Waals surface area contributed by atoms with E-state index in [0.717, 1.165) is 22.9 Å². The van der Waals surface area contributed by atoms with Crippen molar-refractivity contribution in [2.45, 2.75) is 25.7 Å². The largest absolute Gasteiger partial charge is 0.399 e. The minimum atomic E-state index is 0.732. The van der Waals surface area contributed by atoms with Crippen molar-refractivity contribution in [2.75, 3.05) is 5.73 Å². The molecule has 1 aromatic carbocycles. The van der Waals surface area contributed by atoms with Crippen LogP contribution in [0.1, 0.15) is 30.0 Å². The molecule has 1 aliphatic carbocycles. The highest BCUT2D eigenvalue weighted by atomic mass is 15.3. The molecule has 0 spiro atoms. The summed E-state index contributed by atoms with van der Waals surface area (Å²) >= 11 is 0. The second-order valence-electron chi connectivity index (χ2n) is 4.88. The van der Waals surface area contributed by atoms with Gasteiger partial charge in [-0.3, -0.25) is 4.68 Å². The number of hydrogen-bond acceptors (Lipinski definition) is 2. The molecule has 0 unspecified atom stereocenters. The second-order valence-corrected chi connectivity index (χ2v) is 4.88. The number of aromatic nitrogens is 2. The molecule has 2 aromatic rings. The number of nitrogens with zero attached hydrogens (tertiary/aromatic N) is 2. The van der Waals surface area contributed by atoms with Crippen molar-refractivity contribution in [2.24, 2.45) is 7.05 Å². The summed E-state index contributed by atoms with van der Waals surface area (Å²) in [5.41, 5.74) is 11.5. The SMILES string of the molecule is Cc1c(-c2ccc(N)cc2)nn(C)c1C1CC1. The quantitative estimate of drug-likeness (QED) is 0.802. The summed E-state index contributed by atoms with van der Waals surface area (Å²) in [6, 6.07) is 7.95. The fourth-order valence-corrected chi connectivity index (χ4v) is 2.49. The number of anilines is 1. The zero-order chi connectivity index (χ0) is 12.0. The number of hydrogen-bond donors (Lipinski definition) is 1. The maximum Gasteiger partial charge on any atom is 0.0955 e. The van der Waals surface area contributed by atoms with Gasteiger partial charge in [-0.2, -0.15) is 5.10 Å². The van der Waals surface area contributed by atoms with Gasteiger partial charge >= 0.3 is 0 Å². The highest BCUT2D eigenvalue weighted by molar-refractivity contribution is 5.66. The molecule has 0 amide bonds. The molecule has 2 N–H and O–H groups in total. The molecular weight excluding hydrogens is 210 g/mol. The molecule has 88 valence electrons. The van der Waals surface area contributed by atoms with Crippen LogP contribution in [0, 0.1) is 6.92 Å². The first kappa shape index (κ1) is 10.4. The summed E-state index contributed by atoms with van der Waals surface area (Å²) in [7, 11) is 2.04. The molecule has 1 fully saturated rings. The summed E-state index contributed by atoms with van der Waals surface area (Å²) < 4.78 is 2.04. The van der Waals surface area contributed by atoms with Gasteiger partial charge in [0.15, 0.2) is 0 Å². The van der Waals surface area contributed by atoms with Crippen molar-refractivity contribution < 1.29 is 0 Å². The average Bonchev–Trinajstić information content (AvgIpc) is 3.08. The molecule has 1 saturated carbocycles. The van der Waals surface area contributed by atoms with E-state index in [2.05, 4.69) is 12.0 Å². The Balaban J connectivity index is 2.08. The molecule has 1 aromatic heterocycles. The molecule has 3 nitrogen and oxygen atoms in total. The number of nitrogen functional groups attached to an aromatic ring is 1. The van der Waals surface area contributed by atoms with E-state index in [4.69, 9.17) is 5.73 Å². The van der Waals surface area contributed by atoms with Crippen molar-refractivity contribution in [3.8, 4) is 11.3 Å². The fraction of sp³-hybridized carbons (Fsp3) is 0.357. The molecule has 0 aliphatic heterocycles. The van der Waals surface area contributed by atoms with Crippen molar-refractivity contribution in [3.05, 3.63) is 35.5 Å². The molecule has 17 heavy (non-hydrogen) atoms. The van der Waals surface area contributed by atoms with Gasteiger partial charge in [0, 0.05) is 29.9 Å². The maximum atomic E-state index is 5.71. The van der Waals surface area contributed by atoms with Gasteiger partial charge in [-0.05, 0) is 37.5 Å². The molecule has 0 atom stereocenters. The normalized spacial score (nSPS) is 15.2. The highest BCUT2D eigenvalue weighted by Gasteiger charge is 2.30. The third kappa shape index (κ3) is 1.71. The van der Waals surface area contributed by atoms with Crippen LogP contribution in [0.3, 0.4) is 0 Å². The van der Waals surface area contributed by atoms with Gasteiger partial charge in [0.2, 0.25) is 0 Å². The standard InChI is InChI=1S/C14H17N3/c1-9-13(10-5-7-12(15)8-6-10)16-17(2)14(9)11-3-4-11/h5-8,11H,3-4,15H2,1-2H3. The lowest BCUT2D eigenvalue weighted by Crippen LogP contribution is -1.96. The van der Waals surface area contributed by atoms with E-state index in [-0.39, 0.29) is 0 Å². The minimum absolute atomic E-state index is 0.732. The molecule has 0 radical (unpaired) electrons. The van der Waals surface area contributed by atoms with E-state index in [9.17, 15) is 0 Å². The Bertz CT molecular complexity index is 548.